The van der Waals surface area contributed by atoms with Crippen LogP contribution in [0.25, 0.3) is 0 Å². The number of carbonyl (C=O) groups is 1. The summed E-state index contributed by atoms with van der Waals surface area (Å²) in [6, 6.07) is 0.418. The van der Waals surface area contributed by atoms with Crippen molar-refractivity contribution in [1.29, 1.82) is 0 Å². The van der Waals surface area contributed by atoms with Crippen LogP contribution < -0.4 is 5.32 Å². The molecule has 3 nitrogen and oxygen atoms in total. The number of carbonyl (C=O) groups excluding carboxylic acids is 1. The van der Waals surface area contributed by atoms with Crippen molar-refractivity contribution in [2.45, 2.75) is 76.8 Å². The lowest BCUT2D eigenvalue weighted by Crippen LogP contribution is -2.43. The van der Waals surface area contributed by atoms with Crippen LogP contribution in [-0.2, 0) is 9.53 Å². The van der Waals surface area contributed by atoms with E-state index in [2.05, 4.69) is 12.2 Å². The van der Waals surface area contributed by atoms with Gasteiger partial charge in [0.2, 0.25) is 0 Å². The van der Waals surface area contributed by atoms with Gasteiger partial charge in [-0.15, -0.1) is 0 Å². The van der Waals surface area contributed by atoms with Crippen molar-refractivity contribution < 1.29 is 9.53 Å². The quantitative estimate of drug-likeness (QED) is 0.574. The third-order valence-corrected chi connectivity index (χ3v) is 3.62. The Bertz CT molecular complexity index is 210. The van der Waals surface area contributed by atoms with Crippen LogP contribution in [0.3, 0.4) is 0 Å². The zero-order chi connectivity index (χ0) is 12.5. The fraction of sp³-hybridized carbons (Fsp3) is 0.929. The predicted octanol–water partition coefficient (Wildman–Crippen LogP) is 3.03. The maximum Gasteiger partial charge on any atom is 0.322 e. The van der Waals surface area contributed by atoms with Gasteiger partial charge in [0, 0.05) is 6.04 Å². The second-order valence-corrected chi connectivity index (χ2v) is 5.07. The van der Waals surface area contributed by atoms with Crippen molar-refractivity contribution >= 4 is 5.97 Å². The van der Waals surface area contributed by atoms with E-state index in [-0.39, 0.29) is 12.0 Å². The minimum absolute atomic E-state index is 0.0944. The Labute approximate surface area is 105 Å². The van der Waals surface area contributed by atoms with Crippen LogP contribution >= 0.6 is 0 Å². The second-order valence-electron chi connectivity index (χ2n) is 5.07. The van der Waals surface area contributed by atoms with Crippen LogP contribution in [0.5, 0.6) is 0 Å². The molecule has 0 spiro atoms. The third kappa shape index (κ3) is 5.53. The molecule has 0 bridgehead atoms. The Kier molecular flexibility index (Phi) is 7.25. The van der Waals surface area contributed by atoms with E-state index in [1.807, 2.05) is 0 Å². The van der Waals surface area contributed by atoms with Gasteiger partial charge in [0.05, 0.1) is 7.11 Å². The molecule has 0 amide bonds. The largest absolute Gasteiger partial charge is 0.468 e. The van der Waals surface area contributed by atoms with Gasteiger partial charge < -0.3 is 10.1 Å². The molecule has 1 fully saturated rings. The highest BCUT2D eigenvalue weighted by Gasteiger charge is 2.22. The molecule has 0 aromatic carbocycles. The normalized spacial score (nSPS) is 19.6. The smallest absolute Gasteiger partial charge is 0.322 e. The van der Waals surface area contributed by atoms with Gasteiger partial charge in [-0.2, -0.15) is 0 Å². The van der Waals surface area contributed by atoms with Gasteiger partial charge in [0.25, 0.3) is 0 Å². The summed E-state index contributed by atoms with van der Waals surface area (Å²) < 4.78 is 4.88. The lowest BCUT2D eigenvalue weighted by molar-refractivity contribution is -0.143. The van der Waals surface area contributed by atoms with Crippen LogP contribution in [0.1, 0.15) is 64.7 Å². The molecule has 1 unspecified atom stereocenters. The van der Waals surface area contributed by atoms with Crippen molar-refractivity contribution in [1.82, 2.24) is 5.32 Å². The number of unbranched alkanes of at least 4 members (excludes halogenated alkanes) is 1. The highest BCUT2D eigenvalue weighted by Crippen LogP contribution is 2.18. The summed E-state index contributed by atoms with van der Waals surface area (Å²) in [4.78, 5) is 11.7. The predicted molar refractivity (Wildman–Crippen MR) is 70.0 cm³/mol. The molecule has 1 rings (SSSR count). The average molecular weight is 241 g/mol. The Morgan fingerprint density at radius 3 is 2.47 bits per heavy atom. The molecule has 0 saturated heterocycles. The maximum atomic E-state index is 11.7. The molecule has 1 N–H and O–H groups in total. The monoisotopic (exact) mass is 241 g/mol. The summed E-state index contributed by atoms with van der Waals surface area (Å²) in [6.07, 6.45) is 10.8. The summed E-state index contributed by atoms with van der Waals surface area (Å²) in [7, 11) is 1.48. The summed E-state index contributed by atoms with van der Waals surface area (Å²) in [5.74, 6) is -0.0947. The van der Waals surface area contributed by atoms with Crippen LogP contribution in [-0.4, -0.2) is 25.2 Å². The molecule has 0 aromatic heterocycles. The van der Waals surface area contributed by atoms with E-state index in [0.717, 1.165) is 19.3 Å². The zero-order valence-electron chi connectivity index (χ0n) is 11.3. The standard InChI is InChI=1S/C14H27NO2/c1-3-4-11-13(14(16)17-2)15-12-9-7-5-6-8-10-12/h12-13,15H,3-11H2,1-2H3. The molecule has 0 aliphatic heterocycles. The fourth-order valence-corrected chi connectivity index (χ4v) is 2.55. The second kappa shape index (κ2) is 8.51. The molecule has 1 aliphatic carbocycles. The van der Waals surface area contributed by atoms with Gasteiger partial charge in [-0.1, -0.05) is 45.4 Å². The lowest BCUT2D eigenvalue weighted by atomic mass is 10.0. The van der Waals surface area contributed by atoms with E-state index in [1.54, 1.807) is 0 Å². The Morgan fingerprint density at radius 2 is 1.94 bits per heavy atom. The van der Waals surface area contributed by atoms with E-state index < -0.39 is 0 Å². The van der Waals surface area contributed by atoms with Crippen LogP contribution in [0.15, 0.2) is 0 Å². The average Bonchev–Trinajstić information content (AvgIpc) is 2.62. The minimum Gasteiger partial charge on any atom is -0.468 e. The molecule has 1 saturated carbocycles. The Hall–Kier alpha value is -0.570. The van der Waals surface area contributed by atoms with Crippen LogP contribution in [0.4, 0.5) is 0 Å². The summed E-state index contributed by atoms with van der Waals surface area (Å²) in [6.45, 7) is 2.15. The summed E-state index contributed by atoms with van der Waals surface area (Å²) in [5.41, 5.74) is 0. The van der Waals surface area contributed by atoms with Crippen molar-refractivity contribution in [2.24, 2.45) is 0 Å². The third-order valence-electron chi connectivity index (χ3n) is 3.62. The van der Waals surface area contributed by atoms with Gasteiger partial charge in [-0.25, -0.2) is 0 Å². The van der Waals surface area contributed by atoms with E-state index >= 15 is 0 Å². The first-order valence-electron chi connectivity index (χ1n) is 7.11. The SMILES string of the molecule is CCCCC(NC1CCCCCC1)C(=O)OC. The lowest BCUT2D eigenvalue weighted by Gasteiger charge is -2.23. The first kappa shape index (κ1) is 14.5. The highest BCUT2D eigenvalue weighted by atomic mass is 16.5. The van der Waals surface area contributed by atoms with Gasteiger partial charge >= 0.3 is 5.97 Å². The Morgan fingerprint density at radius 1 is 1.29 bits per heavy atom. The molecule has 1 aliphatic rings. The minimum atomic E-state index is -0.0947. The van der Waals surface area contributed by atoms with Crippen molar-refractivity contribution in [3.8, 4) is 0 Å². The molecule has 0 aromatic rings. The highest BCUT2D eigenvalue weighted by molar-refractivity contribution is 5.75. The number of nitrogens with one attached hydrogen (secondary N) is 1. The van der Waals surface area contributed by atoms with Gasteiger partial charge in [0.15, 0.2) is 0 Å². The van der Waals surface area contributed by atoms with E-state index in [1.165, 1.54) is 45.6 Å². The topological polar surface area (TPSA) is 38.3 Å². The van der Waals surface area contributed by atoms with Crippen molar-refractivity contribution in [3.05, 3.63) is 0 Å². The summed E-state index contributed by atoms with van der Waals surface area (Å²) >= 11 is 0. The van der Waals surface area contributed by atoms with E-state index in [0.29, 0.717) is 6.04 Å². The van der Waals surface area contributed by atoms with Gasteiger partial charge in [0.1, 0.15) is 6.04 Å². The number of rotatable bonds is 6. The molecule has 1 atom stereocenters. The number of hydrogen-bond donors (Lipinski definition) is 1. The number of ether oxygens (including phenoxy) is 1. The molecule has 3 heteroatoms. The van der Waals surface area contributed by atoms with Gasteiger partial charge in [-0.3, -0.25) is 4.79 Å². The fourth-order valence-electron chi connectivity index (χ4n) is 2.55. The van der Waals surface area contributed by atoms with Crippen LogP contribution in [0.2, 0.25) is 0 Å². The zero-order valence-corrected chi connectivity index (χ0v) is 11.3. The molecular formula is C14H27NO2. The molecule has 100 valence electrons. The van der Waals surface area contributed by atoms with Gasteiger partial charge in [-0.05, 0) is 19.3 Å². The van der Waals surface area contributed by atoms with E-state index in [4.69, 9.17) is 4.74 Å². The molecule has 0 heterocycles. The van der Waals surface area contributed by atoms with E-state index in [9.17, 15) is 4.79 Å². The van der Waals surface area contributed by atoms with Crippen LogP contribution in [0, 0.1) is 0 Å². The maximum absolute atomic E-state index is 11.7. The van der Waals surface area contributed by atoms with Crippen molar-refractivity contribution in [2.75, 3.05) is 7.11 Å². The van der Waals surface area contributed by atoms with Crippen molar-refractivity contribution in [3.63, 3.8) is 0 Å². The first-order valence-corrected chi connectivity index (χ1v) is 7.11. The first-order chi connectivity index (χ1) is 8.27. The number of hydrogen-bond acceptors (Lipinski definition) is 3. The molecular weight excluding hydrogens is 214 g/mol. The summed E-state index contributed by atoms with van der Waals surface area (Å²) in [5, 5.41) is 3.51. The Balaban J connectivity index is 2.42. The molecule has 17 heavy (non-hydrogen) atoms. The number of esters is 1. The molecule has 0 radical (unpaired) electrons. The number of methoxy groups -OCH3 is 1.